The van der Waals surface area contributed by atoms with Gasteiger partial charge in [0.15, 0.2) is 0 Å². The van der Waals surface area contributed by atoms with E-state index in [2.05, 4.69) is 19.2 Å². The molecule has 0 aromatic rings. The molecule has 0 bridgehead atoms. The zero-order chi connectivity index (χ0) is 9.68. The second-order valence-electron chi connectivity index (χ2n) is 4.59. The maximum atomic E-state index is 5.73. The van der Waals surface area contributed by atoms with E-state index < -0.39 is 0 Å². The zero-order valence-corrected chi connectivity index (χ0v) is 9.05. The molecule has 0 radical (unpaired) electrons. The monoisotopic (exact) mass is 184 g/mol. The van der Waals surface area contributed by atoms with Gasteiger partial charge < -0.3 is 11.1 Å². The van der Waals surface area contributed by atoms with Gasteiger partial charge in [0.2, 0.25) is 0 Å². The predicted molar refractivity (Wildman–Crippen MR) is 57.7 cm³/mol. The van der Waals surface area contributed by atoms with Gasteiger partial charge in [-0.2, -0.15) is 0 Å². The smallest absolute Gasteiger partial charge is 0.0215 e. The van der Waals surface area contributed by atoms with Crippen LogP contribution in [-0.2, 0) is 0 Å². The number of nitrogens with one attached hydrogen (secondary N) is 1. The molecule has 1 unspecified atom stereocenters. The van der Waals surface area contributed by atoms with E-state index in [1.54, 1.807) is 0 Å². The molecule has 13 heavy (non-hydrogen) atoms. The molecule has 2 heteroatoms. The van der Waals surface area contributed by atoms with Crippen LogP contribution in [0.25, 0.3) is 0 Å². The van der Waals surface area contributed by atoms with Gasteiger partial charge in [-0.05, 0) is 18.8 Å². The van der Waals surface area contributed by atoms with E-state index in [4.69, 9.17) is 5.73 Å². The molecule has 0 aliphatic heterocycles. The lowest BCUT2D eigenvalue weighted by atomic mass is 9.93. The predicted octanol–water partition coefficient (Wildman–Crippen LogP) is 1.89. The van der Waals surface area contributed by atoms with E-state index in [0.29, 0.717) is 12.0 Å². The summed E-state index contributed by atoms with van der Waals surface area (Å²) in [5.74, 6) is 0.659. The second kappa shape index (κ2) is 5.61. The lowest BCUT2D eigenvalue weighted by molar-refractivity contribution is 0.301. The van der Waals surface area contributed by atoms with Crippen LogP contribution in [0.3, 0.4) is 0 Å². The van der Waals surface area contributed by atoms with E-state index in [1.807, 2.05) is 0 Å². The van der Waals surface area contributed by atoms with Crippen molar-refractivity contribution in [2.45, 2.75) is 58.0 Å². The van der Waals surface area contributed by atoms with Gasteiger partial charge in [-0.3, -0.25) is 0 Å². The summed E-state index contributed by atoms with van der Waals surface area (Å²) < 4.78 is 0. The Labute approximate surface area is 82.3 Å². The van der Waals surface area contributed by atoms with Crippen LogP contribution in [-0.4, -0.2) is 18.6 Å². The molecule has 78 valence electrons. The van der Waals surface area contributed by atoms with Crippen LogP contribution >= 0.6 is 0 Å². The van der Waals surface area contributed by atoms with Gasteiger partial charge in [-0.1, -0.05) is 33.1 Å². The summed E-state index contributed by atoms with van der Waals surface area (Å²) in [4.78, 5) is 0. The molecule has 3 N–H and O–H groups in total. The summed E-state index contributed by atoms with van der Waals surface area (Å²) >= 11 is 0. The van der Waals surface area contributed by atoms with Gasteiger partial charge in [-0.25, -0.2) is 0 Å². The van der Waals surface area contributed by atoms with Crippen LogP contribution in [0.5, 0.6) is 0 Å². The number of hydrogen-bond donors (Lipinski definition) is 2. The van der Waals surface area contributed by atoms with Crippen LogP contribution in [0.2, 0.25) is 0 Å². The average molecular weight is 184 g/mol. The minimum atomic E-state index is 0.517. The molecule has 1 aliphatic carbocycles. The van der Waals surface area contributed by atoms with Crippen molar-refractivity contribution in [2.75, 3.05) is 6.54 Å². The van der Waals surface area contributed by atoms with Crippen molar-refractivity contribution < 1.29 is 0 Å². The summed E-state index contributed by atoms with van der Waals surface area (Å²) in [5.41, 5.74) is 5.73. The van der Waals surface area contributed by atoms with Crippen molar-refractivity contribution in [1.29, 1.82) is 0 Å². The van der Waals surface area contributed by atoms with E-state index in [1.165, 1.54) is 32.1 Å². The molecular weight excluding hydrogens is 160 g/mol. The van der Waals surface area contributed by atoms with Crippen LogP contribution in [0.1, 0.15) is 46.0 Å². The largest absolute Gasteiger partial charge is 0.329 e. The molecular formula is C11H24N2. The highest BCUT2D eigenvalue weighted by Gasteiger charge is 2.18. The van der Waals surface area contributed by atoms with Crippen LogP contribution in [0.4, 0.5) is 0 Å². The SMILES string of the molecule is CC(C)C(CN)NC1CCCCC1. The van der Waals surface area contributed by atoms with Gasteiger partial charge in [0.1, 0.15) is 0 Å². The highest BCUT2D eigenvalue weighted by molar-refractivity contribution is 4.79. The van der Waals surface area contributed by atoms with E-state index in [9.17, 15) is 0 Å². The minimum Gasteiger partial charge on any atom is -0.329 e. The van der Waals surface area contributed by atoms with E-state index >= 15 is 0 Å². The molecule has 0 aromatic heterocycles. The quantitative estimate of drug-likeness (QED) is 0.700. The summed E-state index contributed by atoms with van der Waals surface area (Å²) in [6.07, 6.45) is 6.92. The van der Waals surface area contributed by atoms with Gasteiger partial charge in [0.05, 0.1) is 0 Å². The third kappa shape index (κ3) is 3.65. The van der Waals surface area contributed by atoms with Crippen molar-refractivity contribution in [3.8, 4) is 0 Å². The molecule has 1 saturated carbocycles. The maximum Gasteiger partial charge on any atom is 0.0215 e. The first kappa shape index (κ1) is 11.0. The Morgan fingerprint density at radius 2 is 1.85 bits per heavy atom. The minimum absolute atomic E-state index is 0.517. The van der Waals surface area contributed by atoms with Gasteiger partial charge >= 0.3 is 0 Å². The second-order valence-corrected chi connectivity index (χ2v) is 4.59. The van der Waals surface area contributed by atoms with Gasteiger partial charge in [-0.15, -0.1) is 0 Å². The fraction of sp³-hybridized carbons (Fsp3) is 1.00. The fourth-order valence-corrected chi connectivity index (χ4v) is 2.10. The maximum absolute atomic E-state index is 5.73. The summed E-state index contributed by atoms with van der Waals surface area (Å²) in [7, 11) is 0. The number of hydrogen-bond acceptors (Lipinski definition) is 2. The Hall–Kier alpha value is -0.0800. The highest BCUT2D eigenvalue weighted by atomic mass is 15.0. The zero-order valence-electron chi connectivity index (χ0n) is 9.05. The molecule has 2 nitrogen and oxygen atoms in total. The topological polar surface area (TPSA) is 38.0 Å². The summed E-state index contributed by atoms with van der Waals surface area (Å²) in [6, 6.07) is 1.26. The number of rotatable bonds is 4. The van der Waals surface area contributed by atoms with E-state index in [0.717, 1.165) is 12.6 Å². The molecule has 1 aliphatic rings. The Morgan fingerprint density at radius 3 is 2.31 bits per heavy atom. The van der Waals surface area contributed by atoms with Gasteiger partial charge in [0, 0.05) is 18.6 Å². The van der Waals surface area contributed by atoms with Crippen molar-refractivity contribution in [3.63, 3.8) is 0 Å². The third-order valence-electron chi connectivity index (χ3n) is 3.11. The Kier molecular flexibility index (Phi) is 4.74. The standard InChI is InChI=1S/C11H24N2/c1-9(2)11(8-12)13-10-6-4-3-5-7-10/h9-11,13H,3-8,12H2,1-2H3. The van der Waals surface area contributed by atoms with Crippen molar-refractivity contribution in [3.05, 3.63) is 0 Å². The van der Waals surface area contributed by atoms with Crippen molar-refractivity contribution in [2.24, 2.45) is 11.7 Å². The Morgan fingerprint density at radius 1 is 1.23 bits per heavy atom. The third-order valence-corrected chi connectivity index (χ3v) is 3.11. The van der Waals surface area contributed by atoms with Crippen molar-refractivity contribution in [1.82, 2.24) is 5.32 Å². The van der Waals surface area contributed by atoms with Crippen LogP contribution < -0.4 is 11.1 Å². The average Bonchev–Trinajstić information content (AvgIpc) is 2.15. The lowest BCUT2D eigenvalue weighted by Gasteiger charge is -2.29. The lowest BCUT2D eigenvalue weighted by Crippen LogP contribution is -2.46. The molecule has 1 atom stereocenters. The molecule has 0 heterocycles. The molecule has 0 aromatic carbocycles. The molecule has 1 rings (SSSR count). The first-order valence-electron chi connectivity index (χ1n) is 5.70. The first-order chi connectivity index (χ1) is 6.24. The van der Waals surface area contributed by atoms with Crippen molar-refractivity contribution >= 4 is 0 Å². The van der Waals surface area contributed by atoms with Crippen LogP contribution in [0.15, 0.2) is 0 Å². The van der Waals surface area contributed by atoms with Gasteiger partial charge in [0.25, 0.3) is 0 Å². The number of nitrogens with two attached hydrogens (primary N) is 1. The fourth-order valence-electron chi connectivity index (χ4n) is 2.10. The van der Waals surface area contributed by atoms with E-state index in [-0.39, 0.29) is 0 Å². The summed E-state index contributed by atoms with van der Waals surface area (Å²) in [6.45, 7) is 5.26. The molecule has 0 spiro atoms. The Bertz CT molecular complexity index is 128. The normalized spacial score (nSPS) is 22.2. The van der Waals surface area contributed by atoms with Crippen LogP contribution in [0, 0.1) is 5.92 Å². The first-order valence-corrected chi connectivity index (χ1v) is 5.70. The molecule has 1 fully saturated rings. The molecule has 0 amide bonds. The Balaban J connectivity index is 2.27. The highest BCUT2D eigenvalue weighted by Crippen LogP contribution is 2.18. The summed E-state index contributed by atoms with van der Waals surface area (Å²) in [5, 5.41) is 3.68. The molecule has 0 saturated heterocycles.